The first kappa shape index (κ1) is 14.0. The molecule has 1 saturated carbocycles. The number of aliphatic hydroxyl groups is 1. The van der Waals surface area contributed by atoms with E-state index in [1.165, 1.54) is 0 Å². The fourth-order valence-corrected chi connectivity index (χ4v) is 2.39. The number of carbonyl (C=O) groups is 1. The first-order valence-electron chi connectivity index (χ1n) is 6.51. The van der Waals surface area contributed by atoms with Gasteiger partial charge >= 0.3 is 5.97 Å². The van der Waals surface area contributed by atoms with Gasteiger partial charge in [0.15, 0.2) is 0 Å². The highest BCUT2D eigenvalue weighted by atomic mass is 16.5. The molecule has 0 aliphatic heterocycles. The second kappa shape index (κ2) is 6.12. The molecule has 1 aromatic heterocycles. The summed E-state index contributed by atoms with van der Waals surface area (Å²) in [6.45, 7) is 0.659. The Morgan fingerprint density at radius 1 is 1.47 bits per heavy atom. The summed E-state index contributed by atoms with van der Waals surface area (Å²) in [7, 11) is 0. The fourth-order valence-electron chi connectivity index (χ4n) is 2.39. The molecule has 0 atom stereocenters. The van der Waals surface area contributed by atoms with Crippen LogP contribution in [0.25, 0.3) is 0 Å². The number of aliphatic carboxylic acids is 1. The number of hydrogen-bond acceptors (Lipinski definition) is 4. The molecule has 0 bridgehead atoms. The van der Waals surface area contributed by atoms with Gasteiger partial charge in [-0.15, -0.1) is 0 Å². The first-order chi connectivity index (χ1) is 9.09. The molecule has 2 N–H and O–H groups in total. The third kappa shape index (κ3) is 4.01. The lowest BCUT2D eigenvalue weighted by Crippen LogP contribution is -2.40. The van der Waals surface area contributed by atoms with E-state index in [1.54, 1.807) is 12.4 Å². The molecule has 5 nitrogen and oxygen atoms in total. The van der Waals surface area contributed by atoms with Gasteiger partial charge in [-0.1, -0.05) is 6.07 Å². The van der Waals surface area contributed by atoms with Crippen molar-refractivity contribution >= 4 is 5.97 Å². The van der Waals surface area contributed by atoms with Crippen molar-refractivity contribution in [3.05, 3.63) is 30.1 Å². The van der Waals surface area contributed by atoms with Crippen LogP contribution >= 0.6 is 0 Å². The molecule has 0 aromatic carbocycles. The second-order valence-electron chi connectivity index (χ2n) is 5.19. The molecule has 1 aliphatic rings. The number of nitrogens with zero attached hydrogens (tertiary/aromatic N) is 1. The van der Waals surface area contributed by atoms with Crippen LogP contribution in [0.5, 0.6) is 0 Å². The maximum atomic E-state index is 10.8. The summed E-state index contributed by atoms with van der Waals surface area (Å²) in [5.41, 5.74) is 0.0825. The van der Waals surface area contributed by atoms with E-state index in [0.29, 0.717) is 32.3 Å². The lowest BCUT2D eigenvalue weighted by Gasteiger charge is -2.34. The molecule has 0 saturated heterocycles. The van der Waals surface area contributed by atoms with Crippen LogP contribution in [0.4, 0.5) is 0 Å². The SMILES string of the molecule is O=C(O)C1CCC(O)(COCc2cccnc2)CC1. The minimum atomic E-state index is -0.881. The van der Waals surface area contributed by atoms with Gasteiger partial charge in [0.25, 0.3) is 0 Å². The summed E-state index contributed by atoms with van der Waals surface area (Å²) in [6.07, 6.45) is 5.42. The monoisotopic (exact) mass is 265 g/mol. The Labute approximate surface area is 112 Å². The van der Waals surface area contributed by atoms with E-state index in [0.717, 1.165) is 5.56 Å². The van der Waals surface area contributed by atoms with Gasteiger partial charge in [0.05, 0.1) is 24.7 Å². The molecule has 1 heterocycles. The number of aromatic nitrogens is 1. The van der Waals surface area contributed by atoms with Crippen molar-refractivity contribution < 1.29 is 19.7 Å². The van der Waals surface area contributed by atoms with Gasteiger partial charge in [-0.2, -0.15) is 0 Å². The van der Waals surface area contributed by atoms with Crippen LogP contribution in [0.1, 0.15) is 31.2 Å². The van der Waals surface area contributed by atoms with E-state index in [1.807, 2.05) is 12.1 Å². The number of rotatable bonds is 5. The topological polar surface area (TPSA) is 79.7 Å². The van der Waals surface area contributed by atoms with E-state index in [2.05, 4.69) is 4.98 Å². The maximum Gasteiger partial charge on any atom is 0.306 e. The zero-order valence-electron chi connectivity index (χ0n) is 10.8. The molecule has 19 heavy (non-hydrogen) atoms. The summed E-state index contributed by atoms with van der Waals surface area (Å²) < 4.78 is 5.52. The zero-order valence-corrected chi connectivity index (χ0v) is 10.8. The summed E-state index contributed by atoms with van der Waals surface area (Å²) >= 11 is 0. The van der Waals surface area contributed by atoms with E-state index in [9.17, 15) is 9.90 Å². The Hall–Kier alpha value is -1.46. The number of ether oxygens (including phenoxy) is 1. The fraction of sp³-hybridized carbons (Fsp3) is 0.571. The van der Waals surface area contributed by atoms with Gasteiger partial charge in [-0.25, -0.2) is 0 Å². The Balaban J connectivity index is 1.75. The predicted molar refractivity (Wildman–Crippen MR) is 68.4 cm³/mol. The molecule has 1 aliphatic carbocycles. The highest BCUT2D eigenvalue weighted by molar-refractivity contribution is 5.70. The van der Waals surface area contributed by atoms with Gasteiger partial charge in [0, 0.05) is 12.4 Å². The normalized spacial score (nSPS) is 27.1. The summed E-state index contributed by atoms with van der Waals surface area (Å²) in [4.78, 5) is 14.8. The standard InChI is InChI=1S/C14H19NO4/c16-13(17)12-3-5-14(18,6-4-12)10-19-9-11-2-1-7-15-8-11/h1-2,7-8,12,18H,3-6,9-10H2,(H,16,17). The quantitative estimate of drug-likeness (QED) is 0.845. The molecule has 1 fully saturated rings. The van der Waals surface area contributed by atoms with Crippen LogP contribution in [0.3, 0.4) is 0 Å². The molecular weight excluding hydrogens is 246 g/mol. The minimum Gasteiger partial charge on any atom is -0.481 e. The number of pyridine rings is 1. The highest BCUT2D eigenvalue weighted by Gasteiger charge is 2.35. The third-order valence-electron chi connectivity index (χ3n) is 3.63. The van der Waals surface area contributed by atoms with E-state index in [4.69, 9.17) is 9.84 Å². The van der Waals surface area contributed by atoms with Crippen LogP contribution in [0.15, 0.2) is 24.5 Å². The Morgan fingerprint density at radius 2 is 2.21 bits per heavy atom. The number of carboxylic acid groups (broad SMARTS) is 1. The van der Waals surface area contributed by atoms with Crippen LogP contribution < -0.4 is 0 Å². The molecule has 0 radical (unpaired) electrons. The smallest absolute Gasteiger partial charge is 0.306 e. The summed E-state index contributed by atoms with van der Waals surface area (Å²) in [5, 5.41) is 19.2. The van der Waals surface area contributed by atoms with Gasteiger partial charge in [0.1, 0.15) is 0 Å². The molecule has 0 unspecified atom stereocenters. The van der Waals surface area contributed by atoms with Crippen molar-refractivity contribution in [1.82, 2.24) is 4.98 Å². The highest BCUT2D eigenvalue weighted by Crippen LogP contribution is 2.32. The first-order valence-corrected chi connectivity index (χ1v) is 6.51. The molecule has 2 rings (SSSR count). The largest absolute Gasteiger partial charge is 0.481 e. The van der Waals surface area contributed by atoms with E-state index >= 15 is 0 Å². The maximum absolute atomic E-state index is 10.8. The number of carboxylic acids is 1. The van der Waals surface area contributed by atoms with Crippen molar-refractivity contribution in [3.8, 4) is 0 Å². The average Bonchev–Trinajstić information content (AvgIpc) is 2.40. The Kier molecular flexibility index (Phi) is 4.50. The van der Waals surface area contributed by atoms with E-state index in [-0.39, 0.29) is 12.5 Å². The molecular formula is C14H19NO4. The molecule has 5 heteroatoms. The average molecular weight is 265 g/mol. The lowest BCUT2D eigenvalue weighted by molar-refractivity contribution is -0.146. The molecule has 1 aromatic rings. The predicted octanol–water partition coefficient (Wildman–Crippen LogP) is 1.60. The third-order valence-corrected chi connectivity index (χ3v) is 3.63. The molecule has 104 valence electrons. The van der Waals surface area contributed by atoms with Crippen LogP contribution in [-0.4, -0.2) is 33.4 Å². The van der Waals surface area contributed by atoms with Crippen LogP contribution in [0, 0.1) is 5.92 Å². The Bertz CT molecular complexity index is 413. The lowest BCUT2D eigenvalue weighted by atomic mass is 9.79. The number of hydrogen-bond donors (Lipinski definition) is 2. The minimum absolute atomic E-state index is 0.244. The van der Waals surface area contributed by atoms with Crippen molar-refractivity contribution in [2.75, 3.05) is 6.61 Å². The molecule has 0 amide bonds. The molecule has 0 spiro atoms. The van der Waals surface area contributed by atoms with Gasteiger partial charge in [-0.3, -0.25) is 9.78 Å². The van der Waals surface area contributed by atoms with Crippen molar-refractivity contribution in [3.63, 3.8) is 0 Å². The summed E-state index contributed by atoms with van der Waals surface area (Å²) in [5.74, 6) is -1.09. The van der Waals surface area contributed by atoms with Gasteiger partial charge < -0.3 is 14.9 Å². The van der Waals surface area contributed by atoms with Crippen LogP contribution in [0.2, 0.25) is 0 Å². The van der Waals surface area contributed by atoms with E-state index < -0.39 is 11.6 Å². The Morgan fingerprint density at radius 3 is 2.79 bits per heavy atom. The van der Waals surface area contributed by atoms with Crippen molar-refractivity contribution in [2.24, 2.45) is 5.92 Å². The van der Waals surface area contributed by atoms with Gasteiger partial charge in [-0.05, 0) is 37.3 Å². The zero-order chi connectivity index (χ0) is 13.7. The second-order valence-corrected chi connectivity index (χ2v) is 5.19. The van der Waals surface area contributed by atoms with Crippen molar-refractivity contribution in [1.29, 1.82) is 0 Å². The summed E-state index contributed by atoms with van der Waals surface area (Å²) in [6, 6.07) is 3.75. The van der Waals surface area contributed by atoms with Gasteiger partial charge in [0.2, 0.25) is 0 Å². The van der Waals surface area contributed by atoms with Crippen molar-refractivity contribution in [2.45, 2.75) is 37.9 Å². The van der Waals surface area contributed by atoms with Crippen LogP contribution in [-0.2, 0) is 16.1 Å².